The molecule has 20 heavy (non-hydrogen) atoms. The van der Waals surface area contributed by atoms with Crippen LogP contribution in [0.1, 0.15) is 11.1 Å². The fourth-order valence-corrected chi connectivity index (χ4v) is 2.38. The predicted octanol–water partition coefficient (Wildman–Crippen LogP) is 4.19. The van der Waals surface area contributed by atoms with Gasteiger partial charge in [-0.3, -0.25) is 0 Å². The van der Waals surface area contributed by atoms with Gasteiger partial charge in [0.15, 0.2) is 0 Å². The van der Waals surface area contributed by atoms with Gasteiger partial charge in [0, 0.05) is 0 Å². The molecule has 0 aliphatic heterocycles. The van der Waals surface area contributed by atoms with E-state index in [1.807, 2.05) is 43.3 Å². The van der Waals surface area contributed by atoms with E-state index in [-0.39, 0.29) is 0 Å². The van der Waals surface area contributed by atoms with Crippen molar-refractivity contribution < 1.29 is 9.47 Å². The second kappa shape index (κ2) is 6.24. The summed E-state index contributed by atoms with van der Waals surface area (Å²) in [6, 6.07) is 11.2. The van der Waals surface area contributed by atoms with Crippen LogP contribution in [0, 0.1) is 6.92 Å². The summed E-state index contributed by atoms with van der Waals surface area (Å²) in [5.41, 5.74) is 7.44. The van der Waals surface area contributed by atoms with E-state index in [0.717, 1.165) is 21.3 Å². The van der Waals surface area contributed by atoms with Crippen LogP contribution in [0.3, 0.4) is 0 Å². The Hall–Kier alpha value is -1.59. The zero-order valence-corrected chi connectivity index (χ0v) is 13.5. The Bertz CT molecular complexity index is 658. The number of ether oxygens (including phenoxy) is 2. The summed E-state index contributed by atoms with van der Waals surface area (Å²) in [6.07, 6.45) is 0. The highest BCUT2D eigenvalue weighted by Crippen LogP contribution is 2.35. The highest BCUT2D eigenvalue weighted by atomic mass is 79.9. The van der Waals surface area contributed by atoms with Gasteiger partial charge in [-0.05, 0) is 52.7 Å². The van der Waals surface area contributed by atoms with E-state index in [1.165, 1.54) is 0 Å². The van der Waals surface area contributed by atoms with E-state index in [9.17, 15) is 0 Å². The third kappa shape index (κ3) is 3.11. The SMILES string of the molecule is COc1ccc(Oc2c(C)cccc2C(N)=S)c(Br)c1. The van der Waals surface area contributed by atoms with Crippen molar-refractivity contribution >= 4 is 33.1 Å². The molecule has 5 heteroatoms. The number of halogens is 1. The van der Waals surface area contributed by atoms with Gasteiger partial charge in [0.05, 0.1) is 17.1 Å². The van der Waals surface area contributed by atoms with Gasteiger partial charge in [0.25, 0.3) is 0 Å². The lowest BCUT2D eigenvalue weighted by Gasteiger charge is -2.14. The number of para-hydroxylation sites is 1. The zero-order chi connectivity index (χ0) is 14.7. The van der Waals surface area contributed by atoms with Crippen LogP contribution in [0.2, 0.25) is 0 Å². The van der Waals surface area contributed by atoms with E-state index in [4.69, 9.17) is 27.4 Å². The number of hydrogen-bond acceptors (Lipinski definition) is 3. The highest BCUT2D eigenvalue weighted by molar-refractivity contribution is 9.10. The number of aryl methyl sites for hydroxylation is 1. The minimum absolute atomic E-state index is 0.313. The first-order chi connectivity index (χ1) is 9.52. The monoisotopic (exact) mass is 351 g/mol. The van der Waals surface area contributed by atoms with Crippen molar-refractivity contribution in [3.63, 3.8) is 0 Å². The van der Waals surface area contributed by atoms with Crippen molar-refractivity contribution in [3.05, 3.63) is 52.0 Å². The minimum Gasteiger partial charge on any atom is -0.497 e. The molecule has 0 radical (unpaired) electrons. The van der Waals surface area contributed by atoms with Gasteiger partial charge >= 0.3 is 0 Å². The van der Waals surface area contributed by atoms with E-state index in [0.29, 0.717) is 16.5 Å². The lowest BCUT2D eigenvalue weighted by atomic mass is 10.1. The maximum atomic E-state index is 5.96. The van der Waals surface area contributed by atoms with Gasteiger partial charge in [-0.25, -0.2) is 0 Å². The summed E-state index contributed by atoms with van der Waals surface area (Å²) in [4.78, 5) is 0.313. The molecule has 2 rings (SSSR count). The highest BCUT2D eigenvalue weighted by Gasteiger charge is 2.12. The van der Waals surface area contributed by atoms with Crippen LogP contribution in [0.15, 0.2) is 40.9 Å². The number of rotatable bonds is 4. The molecule has 0 saturated heterocycles. The zero-order valence-electron chi connectivity index (χ0n) is 11.1. The number of nitrogens with two attached hydrogens (primary N) is 1. The molecule has 0 heterocycles. The fraction of sp³-hybridized carbons (Fsp3) is 0.133. The van der Waals surface area contributed by atoms with Gasteiger partial charge in [-0.2, -0.15) is 0 Å². The van der Waals surface area contributed by atoms with E-state index in [2.05, 4.69) is 15.9 Å². The van der Waals surface area contributed by atoms with Crippen molar-refractivity contribution in [1.29, 1.82) is 0 Å². The van der Waals surface area contributed by atoms with Gasteiger partial charge in [-0.1, -0.05) is 24.4 Å². The first-order valence-electron chi connectivity index (χ1n) is 5.93. The molecule has 0 spiro atoms. The molecule has 0 amide bonds. The third-order valence-electron chi connectivity index (χ3n) is 2.83. The molecule has 0 saturated carbocycles. The Labute approximate surface area is 131 Å². The lowest BCUT2D eigenvalue weighted by molar-refractivity contribution is 0.412. The molecule has 2 N–H and O–H groups in total. The van der Waals surface area contributed by atoms with Crippen molar-refractivity contribution in [2.24, 2.45) is 5.73 Å². The normalized spacial score (nSPS) is 10.2. The Morgan fingerprint density at radius 2 is 2.00 bits per heavy atom. The Kier molecular flexibility index (Phi) is 4.62. The maximum Gasteiger partial charge on any atom is 0.141 e. The largest absolute Gasteiger partial charge is 0.497 e. The summed E-state index contributed by atoms with van der Waals surface area (Å²) >= 11 is 8.53. The van der Waals surface area contributed by atoms with E-state index in [1.54, 1.807) is 7.11 Å². The molecule has 2 aromatic rings. The summed E-state index contributed by atoms with van der Waals surface area (Å²) < 4.78 is 11.9. The molecule has 3 nitrogen and oxygen atoms in total. The van der Waals surface area contributed by atoms with E-state index >= 15 is 0 Å². The first kappa shape index (κ1) is 14.8. The minimum atomic E-state index is 0.313. The number of methoxy groups -OCH3 is 1. The lowest BCUT2D eigenvalue weighted by Crippen LogP contribution is -2.11. The predicted molar refractivity (Wildman–Crippen MR) is 87.8 cm³/mol. The average Bonchev–Trinajstić information content (AvgIpc) is 2.42. The molecule has 0 aromatic heterocycles. The van der Waals surface area contributed by atoms with Crippen LogP contribution in [0.25, 0.3) is 0 Å². The molecule has 0 unspecified atom stereocenters. The smallest absolute Gasteiger partial charge is 0.141 e. The molecule has 0 atom stereocenters. The molecule has 0 fully saturated rings. The molecule has 0 bridgehead atoms. The van der Waals surface area contributed by atoms with Crippen LogP contribution in [-0.2, 0) is 0 Å². The van der Waals surface area contributed by atoms with Gasteiger partial charge in [-0.15, -0.1) is 0 Å². The summed E-state index contributed by atoms with van der Waals surface area (Å²) in [5, 5.41) is 0. The van der Waals surface area contributed by atoms with Gasteiger partial charge in [0.2, 0.25) is 0 Å². The van der Waals surface area contributed by atoms with E-state index < -0.39 is 0 Å². The summed E-state index contributed by atoms with van der Waals surface area (Å²) in [7, 11) is 1.62. The van der Waals surface area contributed by atoms with Crippen molar-refractivity contribution in [2.45, 2.75) is 6.92 Å². The standard InChI is InChI=1S/C15H14BrNO2S/c1-9-4-3-5-11(15(17)20)14(9)19-13-7-6-10(18-2)8-12(13)16/h3-8H,1-2H3,(H2,17,20). The van der Waals surface area contributed by atoms with Crippen LogP contribution < -0.4 is 15.2 Å². The second-order valence-electron chi connectivity index (χ2n) is 4.21. The third-order valence-corrected chi connectivity index (χ3v) is 3.67. The summed E-state index contributed by atoms with van der Waals surface area (Å²) in [5.74, 6) is 2.10. The molecule has 0 aliphatic carbocycles. The molecule has 104 valence electrons. The van der Waals surface area contributed by atoms with Crippen LogP contribution in [0.4, 0.5) is 0 Å². The van der Waals surface area contributed by atoms with Crippen LogP contribution in [0.5, 0.6) is 17.2 Å². The van der Waals surface area contributed by atoms with Crippen LogP contribution >= 0.6 is 28.1 Å². The Balaban J connectivity index is 2.42. The van der Waals surface area contributed by atoms with Crippen molar-refractivity contribution in [1.82, 2.24) is 0 Å². The Morgan fingerprint density at radius 1 is 1.25 bits per heavy atom. The molecule has 2 aromatic carbocycles. The Morgan fingerprint density at radius 3 is 2.60 bits per heavy atom. The number of benzene rings is 2. The first-order valence-corrected chi connectivity index (χ1v) is 7.14. The van der Waals surface area contributed by atoms with Crippen molar-refractivity contribution in [2.75, 3.05) is 7.11 Å². The second-order valence-corrected chi connectivity index (χ2v) is 5.51. The number of hydrogen-bond donors (Lipinski definition) is 1. The maximum absolute atomic E-state index is 5.96. The average molecular weight is 352 g/mol. The molecule has 0 aliphatic rings. The van der Waals surface area contributed by atoms with Gasteiger partial charge in [0.1, 0.15) is 22.2 Å². The van der Waals surface area contributed by atoms with Gasteiger partial charge < -0.3 is 15.2 Å². The molecular weight excluding hydrogens is 338 g/mol. The summed E-state index contributed by atoms with van der Waals surface area (Å²) in [6.45, 7) is 1.95. The molecular formula is C15H14BrNO2S. The van der Waals surface area contributed by atoms with Crippen LogP contribution in [-0.4, -0.2) is 12.1 Å². The quantitative estimate of drug-likeness (QED) is 0.838. The van der Waals surface area contributed by atoms with Crippen molar-refractivity contribution in [3.8, 4) is 17.2 Å². The fourth-order valence-electron chi connectivity index (χ4n) is 1.78. The topological polar surface area (TPSA) is 44.5 Å². The number of thiocarbonyl (C=S) groups is 1.